The van der Waals surface area contributed by atoms with Crippen LogP contribution in [0.3, 0.4) is 0 Å². The SMILES string of the molecule is CCCCCCCCCCCCCCCCCCC(=O)OC(CC)CC(CC(CC(CC(CC(CC(CC)OC(=O)CCCN)OC(=O)CCCCCCCCCCCCCCCCCC)OC(=O)CCCCCCCCCCCCCCCCCC)OC(=O)CCCN)OC(=O)CCCCCCCCCCCCCCCCCC)OC(=O)CCCN. The summed E-state index contributed by atoms with van der Waals surface area (Å²) < 4.78 is 44.7. The second kappa shape index (κ2) is 93.3. The number of hydrogen-bond donors (Lipinski definition) is 3. The summed E-state index contributed by atoms with van der Waals surface area (Å²) in [6.45, 7) is 13.8. The lowest BCUT2D eigenvalue weighted by Crippen LogP contribution is -2.37. The number of rotatable bonds is 98. The molecule has 0 aliphatic rings. The van der Waals surface area contributed by atoms with Crippen LogP contribution >= 0.6 is 0 Å². The van der Waals surface area contributed by atoms with Crippen LogP contribution in [0.5, 0.6) is 0 Å². The van der Waals surface area contributed by atoms with Crippen LogP contribution in [0, 0.1) is 0 Å². The monoisotopic (exact) mass is 1730 g/mol. The lowest BCUT2D eigenvalue weighted by molar-refractivity contribution is -0.163. The highest BCUT2D eigenvalue weighted by molar-refractivity contribution is 5.72. The largest absolute Gasteiger partial charge is 0.462 e. The minimum Gasteiger partial charge on any atom is -0.462 e. The van der Waals surface area contributed by atoms with Crippen molar-refractivity contribution in [1.29, 1.82) is 0 Å². The molecule has 0 amide bonds. The van der Waals surface area contributed by atoms with Crippen LogP contribution in [0.1, 0.15) is 568 Å². The van der Waals surface area contributed by atoms with Gasteiger partial charge in [-0.25, -0.2) is 0 Å². The van der Waals surface area contributed by atoms with Gasteiger partial charge in [0.05, 0.1) is 0 Å². The number of esters is 7. The zero-order valence-corrected chi connectivity index (χ0v) is 81.1. The second-order valence-corrected chi connectivity index (χ2v) is 36.9. The van der Waals surface area contributed by atoms with Gasteiger partial charge in [0.2, 0.25) is 0 Å². The molecule has 7 unspecified atom stereocenters. The summed E-state index contributed by atoms with van der Waals surface area (Å²) in [7, 11) is 0. The van der Waals surface area contributed by atoms with Gasteiger partial charge >= 0.3 is 41.8 Å². The minimum absolute atomic E-state index is 0.00190. The summed E-state index contributed by atoms with van der Waals surface area (Å²) in [5.74, 6) is -3.01. The van der Waals surface area contributed by atoms with E-state index in [0.29, 0.717) is 64.3 Å². The molecule has 0 aromatic carbocycles. The fraction of sp³-hybridized carbons (Fsp3) is 0.933. The van der Waals surface area contributed by atoms with E-state index in [1.165, 1.54) is 295 Å². The van der Waals surface area contributed by atoms with Crippen molar-refractivity contribution in [3.05, 3.63) is 0 Å². The second-order valence-electron chi connectivity index (χ2n) is 36.9. The molecule has 7 atom stereocenters. The highest BCUT2D eigenvalue weighted by atomic mass is 16.6. The topological polar surface area (TPSA) is 262 Å². The standard InChI is InChI=1S/C105H201N3O14/c1-7-13-17-21-25-29-33-37-41-45-49-53-57-61-65-69-76-99(109)116-92(11-5)86-95(119-104(114)81-74-84-107)89-97(121-102(112)79-72-68-64-60-56-52-48-44-40-36-32-28-24-20-16-10-4)91-98(122-105(115)82-75-85-108)90-96(120-101(111)78-71-67-63-59-55-51-47-43-39-35-31-27-23-19-15-9-3)88-94(87-93(12-6)117-103(113)80-73-83-106)118-100(110)77-70-66-62-58-54-50-46-42-38-34-30-26-22-18-14-8-2/h92-98H,7-91,106-108H2,1-6H3. The highest BCUT2D eigenvalue weighted by Gasteiger charge is 2.35. The normalized spacial score (nSPS) is 13.3. The predicted molar refractivity (Wildman–Crippen MR) is 509 cm³/mol. The van der Waals surface area contributed by atoms with E-state index in [2.05, 4.69) is 27.7 Å². The quantitative estimate of drug-likeness (QED) is 0.0290. The van der Waals surface area contributed by atoms with Crippen molar-refractivity contribution >= 4 is 41.8 Å². The molecule has 0 spiro atoms. The molecule has 17 heteroatoms. The van der Waals surface area contributed by atoms with Crippen LogP contribution in [0.2, 0.25) is 0 Å². The van der Waals surface area contributed by atoms with E-state index in [9.17, 15) is 33.6 Å². The van der Waals surface area contributed by atoms with Crippen LogP contribution in [-0.4, -0.2) is 104 Å². The van der Waals surface area contributed by atoms with Crippen LogP contribution in [0.25, 0.3) is 0 Å². The Morgan fingerprint density at radius 1 is 0.156 bits per heavy atom. The van der Waals surface area contributed by atoms with Crippen LogP contribution in [-0.2, 0) is 66.7 Å². The summed E-state index contributed by atoms with van der Waals surface area (Å²) in [6.07, 6.45) is 74.2. The van der Waals surface area contributed by atoms with E-state index >= 15 is 0 Å². The smallest absolute Gasteiger partial charge is 0.306 e. The van der Waals surface area contributed by atoms with Crippen LogP contribution in [0.4, 0.5) is 0 Å². The molecule has 122 heavy (non-hydrogen) atoms. The van der Waals surface area contributed by atoms with Gasteiger partial charge in [0.25, 0.3) is 0 Å². The zero-order chi connectivity index (χ0) is 89.1. The summed E-state index contributed by atoms with van der Waals surface area (Å²) >= 11 is 0. The van der Waals surface area contributed by atoms with E-state index in [0.717, 1.165) is 89.9 Å². The number of carbonyl (C=O) groups excluding carboxylic acids is 7. The van der Waals surface area contributed by atoms with Crippen LogP contribution < -0.4 is 17.2 Å². The van der Waals surface area contributed by atoms with Crippen molar-refractivity contribution in [2.75, 3.05) is 19.6 Å². The lowest BCUT2D eigenvalue weighted by atomic mass is 9.95. The van der Waals surface area contributed by atoms with Crippen molar-refractivity contribution in [2.45, 2.75) is 611 Å². The maximum atomic E-state index is 14.5. The Labute approximate surface area is 752 Å². The molecule has 720 valence electrons. The molecule has 0 aromatic heterocycles. The van der Waals surface area contributed by atoms with Crippen molar-refractivity contribution in [3.8, 4) is 0 Å². The van der Waals surface area contributed by atoms with Gasteiger partial charge < -0.3 is 50.4 Å². The average molecular weight is 1730 g/mol. The molecule has 0 fully saturated rings. The molecule has 0 heterocycles. The molecule has 0 saturated carbocycles. The molecule has 0 aliphatic carbocycles. The molecular formula is C105H201N3O14. The fourth-order valence-electron chi connectivity index (χ4n) is 17.0. The summed E-state index contributed by atoms with van der Waals surface area (Å²) in [4.78, 5) is 98.5. The first-order valence-corrected chi connectivity index (χ1v) is 53.2. The number of nitrogens with two attached hydrogens (primary N) is 3. The highest BCUT2D eigenvalue weighted by Crippen LogP contribution is 2.30. The number of carbonyl (C=O) groups is 7. The van der Waals surface area contributed by atoms with Crippen molar-refractivity contribution in [3.63, 3.8) is 0 Å². The first-order chi connectivity index (χ1) is 59.7. The first kappa shape index (κ1) is 118. The van der Waals surface area contributed by atoms with E-state index < -0.39 is 78.5 Å². The summed E-state index contributed by atoms with van der Waals surface area (Å²) in [5, 5.41) is 0. The average Bonchev–Trinajstić information content (AvgIpc) is 0.859. The van der Waals surface area contributed by atoms with Gasteiger partial charge in [0, 0.05) is 83.5 Å². The molecule has 0 aromatic rings. The maximum absolute atomic E-state index is 14.5. The van der Waals surface area contributed by atoms with Gasteiger partial charge in [0.1, 0.15) is 42.7 Å². The lowest BCUT2D eigenvalue weighted by Gasteiger charge is -2.31. The van der Waals surface area contributed by atoms with Gasteiger partial charge in [-0.05, 0) is 77.4 Å². The Hall–Kier alpha value is -3.83. The Kier molecular flexibility index (Phi) is 90.4. The third kappa shape index (κ3) is 83.1. The molecule has 0 rings (SSSR count). The Balaban J connectivity index is 7.27. The number of ether oxygens (including phenoxy) is 7. The van der Waals surface area contributed by atoms with Gasteiger partial charge in [0.15, 0.2) is 0 Å². The van der Waals surface area contributed by atoms with E-state index in [1.807, 2.05) is 13.8 Å². The van der Waals surface area contributed by atoms with Gasteiger partial charge in [-0.2, -0.15) is 0 Å². The van der Waals surface area contributed by atoms with E-state index in [-0.39, 0.29) is 103 Å². The van der Waals surface area contributed by atoms with Crippen molar-refractivity contribution < 1.29 is 66.7 Å². The molecule has 0 bridgehead atoms. The van der Waals surface area contributed by atoms with Gasteiger partial charge in [-0.3, -0.25) is 33.6 Å². The summed E-state index contributed by atoms with van der Waals surface area (Å²) in [6, 6.07) is 0. The Morgan fingerprint density at radius 2 is 0.262 bits per heavy atom. The number of unbranched alkanes of at least 4 members (excludes halogenated alkanes) is 60. The third-order valence-electron chi connectivity index (χ3n) is 24.8. The predicted octanol–water partition coefficient (Wildman–Crippen LogP) is 29.4. The molecule has 17 nitrogen and oxygen atoms in total. The van der Waals surface area contributed by atoms with E-state index in [4.69, 9.17) is 50.4 Å². The minimum atomic E-state index is -1.05. The maximum Gasteiger partial charge on any atom is 0.306 e. The van der Waals surface area contributed by atoms with Crippen molar-refractivity contribution in [1.82, 2.24) is 0 Å². The fourth-order valence-corrected chi connectivity index (χ4v) is 17.0. The Morgan fingerprint density at radius 3 is 0.385 bits per heavy atom. The molecule has 6 N–H and O–H groups in total. The first-order valence-electron chi connectivity index (χ1n) is 53.2. The molecule has 0 saturated heterocycles. The molecule has 0 radical (unpaired) electrons. The zero-order valence-electron chi connectivity index (χ0n) is 81.1. The van der Waals surface area contributed by atoms with Gasteiger partial charge in [-0.15, -0.1) is 0 Å². The van der Waals surface area contributed by atoms with E-state index in [1.54, 1.807) is 0 Å². The summed E-state index contributed by atoms with van der Waals surface area (Å²) in [5.41, 5.74) is 17.8. The number of hydrogen-bond acceptors (Lipinski definition) is 17. The van der Waals surface area contributed by atoms with Crippen molar-refractivity contribution in [2.24, 2.45) is 17.2 Å². The Bertz CT molecular complexity index is 2310. The van der Waals surface area contributed by atoms with Crippen LogP contribution in [0.15, 0.2) is 0 Å². The molecular weight excluding hydrogens is 1530 g/mol. The van der Waals surface area contributed by atoms with Gasteiger partial charge in [-0.1, -0.05) is 427 Å². The molecule has 0 aliphatic heterocycles. The third-order valence-corrected chi connectivity index (χ3v) is 24.8.